The number of aromatic nitrogens is 1. The largest absolute Gasteiger partial charge is 0.452 e. The Bertz CT molecular complexity index is 1270. The van der Waals surface area contributed by atoms with Gasteiger partial charge < -0.3 is 10.1 Å². The molecule has 0 fully saturated rings. The van der Waals surface area contributed by atoms with Crippen LogP contribution < -0.4 is 5.32 Å². The highest BCUT2D eigenvalue weighted by molar-refractivity contribution is 6.07. The summed E-state index contributed by atoms with van der Waals surface area (Å²) < 4.78 is 5.34. The van der Waals surface area contributed by atoms with Crippen LogP contribution in [0.25, 0.3) is 22.6 Å². The van der Waals surface area contributed by atoms with Crippen molar-refractivity contribution in [3.63, 3.8) is 0 Å². The van der Waals surface area contributed by atoms with E-state index in [0.717, 1.165) is 35.2 Å². The van der Waals surface area contributed by atoms with Crippen molar-refractivity contribution in [2.24, 2.45) is 0 Å². The molecule has 0 radical (unpaired) electrons. The molecule has 0 saturated carbocycles. The van der Waals surface area contributed by atoms with Gasteiger partial charge in [-0.05, 0) is 67.2 Å². The maximum atomic E-state index is 13.1. The first-order valence-electron chi connectivity index (χ1n) is 10.8. The number of nitrogens with zero attached hydrogens (tertiary/aromatic N) is 2. The van der Waals surface area contributed by atoms with Gasteiger partial charge in [-0.15, -0.1) is 0 Å². The van der Waals surface area contributed by atoms with E-state index in [2.05, 4.69) is 5.32 Å². The molecule has 3 aromatic rings. The zero-order chi connectivity index (χ0) is 23.4. The fraction of sp³-hybridized carbons (Fsp3) is 0.240. The Hall–Kier alpha value is -4.07. The fourth-order valence-corrected chi connectivity index (χ4v) is 4.05. The van der Waals surface area contributed by atoms with Gasteiger partial charge in [0.05, 0.1) is 21.7 Å². The van der Waals surface area contributed by atoms with E-state index in [9.17, 15) is 19.7 Å². The summed E-state index contributed by atoms with van der Waals surface area (Å²) in [5, 5.41) is 14.2. The van der Waals surface area contributed by atoms with Gasteiger partial charge in [-0.3, -0.25) is 14.9 Å². The van der Waals surface area contributed by atoms with E-state index in [4.69, 9.17) is 9.72 Å². The first-order chi connectivity index (χ1) is 16.0. The van der Waals surface area contributed by atoms with E-state index in [1.165, 1.54) is 12.1 Å². The normalized spacial score (nSPS) is 14.0. The first kappa shape index (κ1) is 22.1. The van der Waals surface area contributed by atoms with Crippen LogP contribution in [-0.2, 0) is 16.0 Å². The predicted molar refractivity (Wildman–Crippen MR) is 125 cm³/mol. The maximum absolute atomic E-state index is 13.1. The molecule has 0 saturated heterocycles. The fourth-order valence-electron chi connectivity index (χ4n) is 4.05. The molecule has 0 unspecified atom stereocenters. The minimum atomic E-state index is -0.548. The van der Waals surface area contributed by atoms with Crippen molar-refractivity contribution in [1.29, 1.82) is 0 Å². The number of pyridine rings is 1. The van der Waals surface area contributed by atoms with E-state index in [-0.39, 0.29) is 18.2 Å². The second kappa shape index (κ2) is 9.60. The number of ether oxygens (including phenoxy) is 1. The van der Waals surface area contributed by atoms with E-state index in [1.807, 2.05) is 30.3 Å². The molecule has 0 spiro atoms. The molecule has 168 valence electrons. The highest BCUT2D eigenvalue weighted by Gasteiger charge is 2.26. The van der Waals surface area contributed by atoms with E-state index >= 15 is 0 Å². The Morgan fingerprint density at radius 3 is 2.64 bits per heavy atom. The number of allylic oxidation sites excluding steroid dienone is 1. The third-order valence-electron chi connectivity index (χ3n) is 5.53. The van der Waals surface area contributed by atoms with Crippen molar-refractivity contribution in [2.75, 3.05) is 13.2 Å². The van der Waals surface area contributed by atoms with Crippen LogP contribution in [0, 0.1) is 10.1 Å². The number of carbonyl (C=O) groups excluding carboxylic acids is 2. The molecule has 1 aliphatic rings. The Balaban J connectivity index is 1.76. The van der Waals surface area contributed by atoms with Crippen LogP contribution in [-0.4, -0.2) is 34.9 Å². The number of amides is 1. The summed E-state index contributed by atoms with van der Waals surface area (Å²) in [7, 11) is 0. The summed E-state index contributed by atoms with van der Waals surface area (Å²) in [5.74, 6) is -0.899. The van der Waals surface area contributed by atoms with Crippen molar-refractivity contribution in [1.82, 2.24) is 10.3 Å². The third kappa shape index (κ3) is 4.74. The number of carbonyl (C=O) groups is 2. The number of likely N-dealkylation sites (N-methyl/N-ethyl adjacent to an activating group) is 1. The molecule has 8 nitrogen and oxygen atoms in total. The summed E-state index contributed by atoms with van der Waals surface area (Å²) in [6.45, 7) is 1.91. The van der Waals surface area contributed by atoms with E-state index < -0.39 is 10.9 Å². The molecule has 0 aliphatic heterocycles. The lowest BCUT2D eigenvalue weighted by Crippen LogP contribution is -2.28. The SMILES string of the molecule is CCNC(=O)COC(=O)c1c2c(nc3ccccc13)/C(=C/c1ccc([N+](=O)[O-])cc1)CCC2. The second-order valence-corrected chi connectivity index (χ2v) is 7.73. The van der Waals surface area contributed by atoms with Gasteiger partial charge in [0, 0.05) is 24.1 Å². The molecule has 33 heavy (non-hydrogen) atoms. The van der Waals surface area contributed by atoms with Crippen molar-refractivity contribution in [3.05, 3.63) is 81.0 Å². The number of esters is 1. The average Bonchev–Trinajstić information content (AvgIpc) is 2.82. The first-order valence-corrected chi connectivity index (χ1v) is 10.8. The van der Waals surface area contributed by atoms with Crippen molar-refractivity contribution < 1.29 is 19.2 Å². The molecular weight excluding hydrogens is 422 g/mol. The van der Waals surface area contributed by atoms with Crippen molar-refractivity contribution >= 4 is 40.1 Å². The Kier molecular flexibility index (Phi) is 6.44. The minimum absolute atomic E-state index is 0.0301. The lowest BCUT2D eigenvalue weighted by molar-refractivity contribution is -0.384. The molecular formula is C25H23N3O5. The van der Waals surface area contributed by atoms with Crippen LogP contribution >= 0.6 is 0 Å². The predicted octanol–water partition coefficient (Wildman–Crippen LogP) is 4.31. The van der Waals surface area contributed by atoms with Gasteiger partial charge >= 0.3 is 5.97 Å². The third-order valence-corrected chi connectivity index (χ3v) is 5.53. The molecule has 1 aromatic heterocycles. The number of fused-ring (bicyclic) bond motifs is 2. The average molecular weight is 445 g/mol. The van der Waals surface area contributed by atoms with E-state index in [0.29, 0.717) is 29.4 Å². The van der Waals surface area contributed by atoms with Crippen LogP contribution in [0.1, 0.15) is 46.9 Å². The molecule has 1 aliphatic carbocycles. The number of hydrogen-bond acceptors (Lipinski definition) is 6. The Morgan fingerprint density at radius 1 is 1.15 bits per heavy atom. The number of non-ortho nitro benzene ring substituents is 1. The highest BCUT2D eigenvalue weighted by Crippen LogP contribution is 2.36. The number of nitro groups is 1. The van der Waals surface area contributed by atoms with Crippen LogP contribution in [0.3, 0.4) is 0 Å². The van der Waals surface area contributed by atoms with Gasteiger partial charge in [0.15, 0.2) is 6.61 Å². The zero-order valence-electron chi connectivity index (χ0n) is 18.2. The highest BCUT2D eigenvalue weighted by atomic mass is 16.6. The molecule has 8 heteroatoms. The number of benzene rings is 2. The molecule has 1 N–H and O–H groups in total. The van der Waals surface area contributed by atoms with Gasteiger partial charge in [0.25, 0.3) is 11.6 Å². The van der Waals surface area contributed by atoms with Crippen molar-refractivity contribution in [2.45, 2.75) is 26.2 Å². The summed E-state index contributed by atoms with van der Waals surface area (Å²) in [6, 6.07) is 13.7. The Labute approximate surface area is 190 Å². The van der Waals surface area contributed by atoms with Crippen molar-refractivity contribution in [3.8, 4) is 0 Å². The lowest BCUT2D eigenvalue weighted by atomic mass is 9.86. The molecule has 0 bridgehead atoms. The van der Waals surface area contributed by atoms with Crippen LogP contribution in [0.4, 0.5) is 5.69 Å². The number of nitro benzene ring substituents is 1. The molecule has 1 amide bonds. The molecule has 4 rings (SSSR count). The van der Waals surface area contributed by atoms with Crippen LogP contribution in [0.5, 0.6) is 0 Å². The molecule has 0 atom stereocenters. The van der Waals surface area contributed by atoms with Gasteiger partial charge in [-0.1, -0.05) is 18.2 Å². The van der Waals surface area contributed by atoms with Gasteiger partial charge in [-0.2, -0.15) is 0 Å². The quantitative estimate of drug-likeness (QED) is 0.344. The number of nitrogens with one attached hydrogen (secondary N) is 1. The van der Waals surface area contributed by atoms with Gasteiger partial charge in [0.1, 0.15) is 0 Å². The summed E-state index contributed by atoms with van der Waals surface area (Å²) in [6.07, 6.45) is 4.20. The number of para-hydroxylation sites is 1. The summed E-state index contributed by atoms with van der Waals surface area (Å²) >= 11 is 0. The van der Waals surface area contributed by atoms with Crippen LogP contribution in [0.2, 0.25) is 0 Å². The number of hydrogen-bond donors (Lipinski definition) is 1. The van der Waals surface area contributed by atoms with Gasteiger partial charge in [0.2, 0.25) is 0 Å². The second-order valence-electron chi connectivity index (χ2n) is 7.73. The number of rotatable bonds is 6. The molecule has 2 aromatic carbocycles. The monoisotopic (exact) mass is 445 g/mol. The maximum Gasteiger partial charge on any atom is 0.339 e. The smallest absolute Gasteiger partial charge is 0.339 e. The topological polar surface area (TPSA) is 111 Å². The molecule has 1 heterocycles. The summed E-state index contributed by atoms with van der Waals surface area (Å²) in [4.78, 5) is 40.2. The minimum Gasteiger partial charge on any atom is -0.452 e. The Morgan fingerprint density at radius 2 is 1.91 bits per heavy atom. The van der Waals surface area contributed by atoms with Crippen LogP contribution in [0.15, 0.2) is 48.5 Å². The van der Waals surface area contributed by atoms with Gasteiger partial charge in [-0.25, -0.2) is 9.78 Å². The standard InChI is InChI=1S/C25H23N3O5/c1-2-26-22(29)15-33-25(30)23-19-7-3-4-9-21(19)27-24-17(6-5-8-20(23)24)14-16-10-12-18(13-11-16)28(31)32/h3-4,7,9-14H,2,5-6,8,15H2,1H3,(H,26,29)/b17-14+. The lowest BCUT2D eigenvalue weighted by Gasteiger charge is -2.22. The van der Waals surface area contributed by atoms with E-state index in [1.54, 1.807) is 19.1 Å². The summed E-state index contributed by atoms with van der Waals surface area (Å²) in [5.41, 5.74) is 4.43. The zero-order valence-corrected chi connectivity index (χ0v) is 18.2.